The standard InChI is InChI=1S/C21H24N2O5S/c1-4-28-21(25)18-8-5-9-19(14(18)2)22-29(26,27)17-10-11-20-16(13-17)7-6-12-23(20)15(3)24/h5,8-11,13,22H,4,6-7,12H2,1-3H3. The lowest BCUT2D eigenvalue weighted by atomic mass is 10.0. The quantitative estimate of drug-likeness (QED) is 0.755. The molecule has 1 aliphatic heterocycles. The monoisotopic (exact) mass is 416 g/mol. The topological polar surface area (TPSA) is 92.8 Å². The van der Waals surface area contributed by atoms with Gasteiger partial charge in [-0.05, 0) is 68.1 Å². The molecule has 0 saturated carbocycles. The van der Waals surface area contributed by atoms with E-state index in [2.05, 4.69) is 4.72 Å². The van der Waals surface area contributed by atoms with Crippen LogP contribution in [0.15, 0.2) is 41.3 Å². The van der Waals surface area contributed by atoms with Gasteiger partial charge in [0.05, 0.1) is 22.8 Å². The molecule has 154 valence electrons. The fourth-order valence-corrected chi connectivity index (χ4v) is 4.62. The normalized spacial score (nSPS) is 13.6. The number of fused-ring (bicyclic) bond motifs is 1. The van der Waals surface area contributed by atoms with Crippen molar-refractivity contribution in [2.24, 2.45) is 0 Å². The van der Waals surface area contributed by atoms with Crippen molar-refractivity contribution in [1.29, 1.82) is 0 Å². The summed E-state index contributed by atoms with van der Waals surface area (Å²) in [6.07, 6.45) is 1.49. The molecule has 1 heterocycles. The Bertz CT molecular complexity index is 1060. The molecule has 3 rings (SSSR count). The van der Waals surface area contributed by atoms with Gasteiger partial charge in [0.15, 0.2) is 0 Å². The molecule has 2 aromatic carbocycles. The maximum Gasteiger partial charge on any atom is 0.338 e. The van der Waals surface area contributed by atoms with Crippen LogP contribution in [-0.4, -0.2) is 33.4 Å². The first-order valence-corrected chi connectivity index (χ1v) is 10.9. The third-order valence-electron chi connectivity index (χ3n) is 4.93. The number of aryl methyl sites for hydroxylation is 1. The molecule has 1 aliphatic rings. The van der Waals surface area contributed by atoms with Crippen molar-refractivity contribution in [2.45, 2.75) is 38.5 Å². The minimum atomic E-state index is -3.87. The maximum absolute atomic E-state index is 13.0. The molecule has 0 atom stereocenters. The number of ether oxygens (including phenoxy) is 1. The minimum absolute atomic E-state index is 0.0638. The second-order valence-electron chi connectivity index (χ2n) is 6.87. The van der Waals surface area contributed by atoms with E-state index in [0.717, 1.165) is 17.7 Å². The number of hydrogen-bond acceptors (Lipinski definition) is 5. The number of sulfonamides is 1. The van der Waals surface area contributed by atoms with Gasteiger partial charge in [-0.15, -0.1) is 0 Å². The average Bonchev–Trinajstić information content (AvgIpc) is 2.68. The third kappa shape index (κ3) is 4.27. The highest BCUT2D eigenvalue weighted by molar-refractivity contribution is 7.92. The molecule has 0 aliphatic carbocycles. The van der Waals surface area contributed by atoms with E-state index in [1.165, 1.54) is 13.0 Å². The lowest BCUT2D eigenvalue weighted by molar-refractivity contribution is -0.116. The fourth-order valence-electron chi connectivity index (χ4n) is 3.45. The SMILES string of the molecule is CCOC(=O)c1cccc(NS(=O)(=O)c2ccc3c(c2)CCCN3C(C)=O)c1C. The Morgan fingerprint density at radius 1 is 1.21 bits per heavy atom. The molecule has 2 aromatic rings. The second-order valence-corrected chi connectivity index (χ2v) is 8.55. The maximum atomic E-state index is 13.0. The Morgan fingerprint density at radius 2 is 1.97 bits per heavy atom. The van der Waals surface area contributed by atoms with Gasteiger partial charge >= 0.3 is 5.97 Å². The van der Waals surface area contributed by atoms with Gasteiger partial charge < -0.3 is 9.64 Å². The fraction of sp³-hybridized carbons (Fsp3) is 0.333. The van der Waals surface area contributed by atoms with Crippen LogP contribution in [0.2, 0.25) is 0 Å². The van der Waals surface area contributed by atoms with Crippen LogP contribution in [0, 0.1) is 6.92 Å². The lowest BCUT2D eigenvalue weighted by Gasteiger charge is -2.28. The van der Waals surface area contributed by atoms with Crippen LogP contribution in [0.25, 0.3) is 0 Å². The number of amides is 1. The van der Waals surface area contributed by atoms with Gasteiger partial charge in [-0.3, -0.25) is 9.52 Å². The second kappa shape index (κ2) is 8.24. The highest BCUT2D eigenvalue weighted by Crippen LogP contribution is 2.30. The molecule has 0 radical (unpaired) electrons. The van der Waals surface area contributed by atoms with Gasteiger partial charge in [-0.1, -0.05) is 6.07 Å². The number of anilines is 2. The number of carbonyl (C=O) groups excluding carboxylic acids is 2. The van der Waals surface area contributed by atoms with E-state index in [-0.39, 0.29) is 17.4 Å². The summed E-state index contributed by atoms with van der Waals surface area (Å²) in [5.74, 6) is -0.560. The van der Waals surface area contributed by atoms with Gasteiger partial charge in [0.1, 0.15) is 0 Å². The van der Waals surface area contributed by atoms with E-state index in [0.29, 0.717) is 29.8 Å². The number of nitrogens with zero attached hydrogens (tertiary/aromatic N) is 1. The summed E-state index contributed by atoms with van der Waals surface area (Å²) in [5, 5.41) is 0. The molecule has 7 nitrogen and oxygen atoms in total. The average molecular weight is 416 g/mol. The van der Waals surface area contributed by atoms with Gasteiger partial charge in [-0.25, -0.2) is 13.2 Å². The largest absolute Gasteiger partial charge is 0.462 e. The Hall–Kier alpha value is -2.87. The zero-order valence-corrected chi connectivity index (χ0v) is 17.5. The van der Waals surface area contributed by atoms with E-state index in [9.17, 15) is 18.0 Å². The summed E-state index contributed by atoms with van der Waals surface area (Å²) < 4.78 is 33.5. The minimum Gasteiger partial charge on any atom is -0.462 e. The molecule has 0 fully saturated rings. The lowest BCUT2D eigenvalue weighted by Crippen LogP contribution is -2.33. The predicted molar refractivity (Wildman–Crippen MR) is 111 cm³/mol. The summed E-state index contributed by atoms with van der Waals surface area (Å²) in [5.41, 5.74) is 2.71. The van der Waals surface area contributed by atoms with E-state index in [1.54, 1.807) is 49.1 Å². The van der Waals surface area contributed by atoms with Gasteiger partial charge in [-0.2, -0.15) is 0 Å². The van der Waals surface area contributed by atoms with Crippen molar-refractivity contribution >= 4 is 33.3 Å². The van der Waals surface area contributed by atoms with Crippen LogP contribution in [0.5, 0.6) is 0 Å². The van der Waals surface area contributed by atoms with Crippen LogP contribution in [0.3, 0.4) is 0 Å². The Morgan fingerprint density at radius 3 is 2.66 bits per heavy atom. The molecule has 0 aromatic heterocycles. The van der Waals surface area contributed by atoms with Crippen LogP contribution in [0.1, 0.15) is 41.8 Å². The third-order valence-corrected chi connectivity index (χ3v) is 6.30. The summed E-state index contributed by atoms with van der Waals surface area (Å²) in [6.45, 7) is 5.75. The summed E-state index contributed by atoms with van der Waals surface area (Å²) in [7, 11) is -3.87. The smallest absolute Gasteiger partial charge is 0.338 e. The highest BCUT2D eigenvalue weighted by Gasteiger charge is 2.24. The molecular formula is C21H24N2O5S. The molecule has 8 heteroatoms. The molecule has 0 spiro atoms. The van der Waals surface area contributed by atoms with E-state index >= 15 is 0 Å². The van der Waals surface area contributed by atoms with Crippen LogP contribution >= 0.6 is 0 Å². The number of rotatable bonds is 5. The van der Waals surface area contributed by atoms with Gasteiger partial charge in [0.2, 0.25) is 5.91 Å². The van der Waals surface area contributed by atoms with Gasteiger partial charge in [0, 0.05) is 19.2 Å². The summed E-state index contributed by atoms with van der Waals surface area (Å²) in [4.78, 5) is 25.7. The van der Waals surface area contributed by atoms with Crippen molar-refractivity contribution in [1.82, 2.24) is 0 Å². The molecule has 1 amide bonds. The number of esters is 1. The Labute approximate surface area is 170 Å². The first-order valence-electron chi connectivity index (χ1n) is 9.45. The molecule has 0 saturated heterocycles. The van der Waals surface area contributed by atoms with Crippen LogP contribution < -0.4 is 9.62 Å². The Kier molecular flexibility index (Phi) is 5.93. The number of hydrogen-bond donors (Lipinski definition) is 1. The molecule has 29 heavy (non-hydrogen) atoms. The number of benzene rings is 2. The zero-order valence-electron chi connectivity index (χ0n) is 16.7. The van der Waals surface area contributed by atoms with Gasteiger partial charge in [0.25, 0.3) is 10.0 Å². The summed E-state index contributed by atoms with van der Waals surface area (Å²) >= 11 is 0. The highest BCUT2D eigenvalue weighted by atomic mass is 32.2. The van der Waals surface area contributed by atoms with Crippen molar-refractivity contribution in [3.05, 3.63) is 53.1 Å². The molecule has 0 unspecified atom stereocenters. The van der Waals surface area contributed by atoms with Crippen molar-refractivity contribution in [2.75, 3.05) is 22.8 Å². The first-order chi connectivity index (χ1) is 13.7. The summed E-state index contributed by atoms with van der Waals surface area (Å²) in [6, 6.07) is 9.58. The first kappa shape index (κ1) is 20.9. The number of nitrogens with one attached hydrogen (secondary N) is 1. The Balaban J connectivity index is 1.92. The zero-order chi connectivity index (χ0) is 21.2. The molecular weight excluding hydrogens is 392 g/mol. The van der Waals surface area contributed by atoms with Crippen LogP contribution in [0.4, 0.5) is 11.4 Å². The molecule has 0 bridgehead atoms. The van der Waals surface area contributed by atoms with E-state index in [1.807, 2.05) is 0 Å². The van der Waals surface area contributed by atoms with E-state index in [4.69, 9.17) is 4.74 Å². The molecule has 1 N–H and O–H groups in total. The van der Waals surface area contributed by atoms with Crippen molar-refractivity contribution < 1.29 is 22.7 Å². The van der Waals surface area contributed by atoms with E-state index < -0.39 is 16.0 Å². The van der Waals surface area contributed by atoms with Crippen LogP contribution in [-0.2, 0) is 26.0 Å². The van der Waals surface area contributed by atoms with Crippen molar-refractivity contribution in [3.63, 3.8) is 0 Å². The number of carbonyl (C=O) groups is 2. The predicted octanol–water partition coefficient (Wildman–Crippen LogP) is 3.27. The van der Waals surface area contributed by atoms with Crippen molar-refractivity contribution in [3.8, 4) is 0 Å².